The third-order valence-electron chi connectivity index (χ3n) is 2.74. The molecule has 0 spiro atoms. The van der Waals surface area contributed by atoms with Gasteiger partial charge in [0, 0.05) is 9.90 Å². The maximum Gasteiger partial charge on any atom is 0.319 e. The Morgan fingerprint density at radius 3 is 2.95 bits per heavy atom. The molecule has 0 fully saturated rings. The van der Waals surface area contributed by atoms with Crippen molar-refractivity contribution in [2.24, 2.45) is 0 Å². The molecule has 5 nitrogen and oxygen atoms in total. The first-order valence-corrected chi connectivity index (χ1v) is 7.45. The van der Waals surface area contributed by atoms with Gasteiger partial charge in [-0.25, -0.2) is 4.79 Å². The summed E-state index contributed by atoms with van der Waals surface area (Å²) in [6.45, 7) is 0.120. The van der Waals surface area contributed by atoms with Gasteiger partial charge in [-0.3, -0.25) is 0 Å². The molecule has 0 saturated heterocycles. The number of rotatable bonds is 5. The van der Waals surface area contributed by atoms with E-state index in [9.17, 15) is 9.90 Å². The van der Waals surface area contributed by atoms with Gasteiger partial charge in [-0.2, -0.15) is 0 Å². The fourth-order valence-corrected chi connectivity index (χ4v) is 2.60. The average Bonchev–Trinajstić information content (AvgIpc) is 2.99. The van der Waals surface area contributed by atoms with Gasteiger partial charge in [0.15, 0.2) is 0 Å². The third-order valence-corrected chi connectivity index (χ3v) is 3.95. The number of methoxy groups -OCH3 is 1. The van der Waals surface area contributed by atoms with Crippen LogP contribution >= 0.6 is 22.9 Å². The van der Waals surface area contributed by atoms with E-state index < -0.39 is 12.1 Å². The van der Waals surface area contributed by atoms with Gasteiger partial charge in [-0.15, -0.1) is 11.3 Å². The Morgan fingerprint density at radius 2 is 2.29 bits per heavy atom. The number of aliphatic hydroxyl groups is 1. The number of aliphatic hydroxyl groups excluding tert-OH is 1. The van der Waals surface area contributed by atoms with Gasteiger partial charge in [0.25, 0.3) is 0 Å². The summed E-state index contributed by atoms with van der Waals surface area (Å²) >= 11 is 7.32. The Labute approximate surface area is 131 Å². The number of nitrogens with one attached hydrogen (secondary N) is 2. The minimum atomic E-state index is -0.725. The molecule has 7 heteroatoms. The lowest BCUT2D eigenvalue weighted by Crippen LogP contribution is -2.32. The van der Waals surface area contributed by atoms with E-state index in [0.717, 1.165) is 4.88 Å². The van der Waals surface area contributed by atoms with Crippen molar-refractivity contribution in [3.8, 4) is 5.75 Å². The molecular formula is C14H15ClN2O3S. The standard InChI is InChI=1S/C14H15ClN2O3S/c1-20-12-5-4-9(15)7-10(12)17-14(19)16-8-11(18)13-3-2-6-21-13/h2-7,11,18H,8H2,1H3,(H2,16,17,19). The van der Waals surface area contributed by atoms with Gasteiger partial charge in [0.2, 0.25) is 0 Å². The number of amides is 2. The van der Waals surface area contributed by atoms with Crippen LogP contribution < -0.4 is 15.4 Å². The molecule has 0 radical (unpaired) electrons. The first-order valence-electron chi connectivity index (χ1n) is 6.20. The topological polar surface area (TPSA) is 70.6 Å². The number of ether oxygens (including phenoxy) is 1. The molecule has 2 aromatic rings. The van der Waals surface area contributed by atoms with E-state index >= 15 is 0 Å². The molecule has 0 bridgehead atoms. The molecule has 0 aliphatic heterocycles. The van der Waals surface area contributed by atoms with Crippen molar-refractivity contribution in [2.75, 3.05) is 19.0 Å². The average molecular weight is 327 g/mol. The minimum Gasteiger partial charge on any atom is -0.495 e. The Hall–Kier alpha value is -1.76. The molecule has 0 saturated carbocycles. The first kappa shape index (κ1) is 15.6. The van der Waals surface area contributed by atoms with Crippen LogP contribution in [0.2, 0.25) is 5.02 Å². The van der Waals surface area contributed by atoms with Gasteiger partial charge >= 0.3 is 6.03 Å². The van der Waals surface area contributed by atoms with Crippen molar-refractivity contribution in [3.05, 3.63) is 45.6 Å². The van der Waals surface area contributed by atoms with E-state index in [4.69, 9.17) is 16.3 Å². The predicted molar refractivity (Wildman–Crippen MR) is 84.3 cm³/mol. The second-order valence-corrected chi connectivity index (χ2v) is 5.63. The number of urea groups is 1. The Morgan fingerprint density at radius 1 is 1.48 bits per heavy atom. The minimum absolute atomic E-state index is 0.120. The zero-order valence-electron chi connectivity index (χ0n) is 11.3. The van der Waals surface area contributed by atoms with Crippen molar-refractivity contribution in [1.82, 2.24) is 5.32 Å². The number of anilines is 1. The highest BCUT2D eigenvalue weighted by Gasteiger charge is 2.12. The monoisotopic (exact) mass is 326 g/mol. The van der Waals surface area contributed by atoms with Crippen molar-refractivity contribution >= 4 is 34.7 Å². The van der Waals surface area contributed by atoms with Crippen molar-refractivity contribution in [3.63, 3.8) is 0 Å². The van der Waals surface area contributed by atoms with Crippen LogP contribution in [0.15, 0.2) is 35.7 Å². The molecule has 1 atom stereocenters. The zero-order valence-corrected chi connectivity index (χ0v) is 12.9. The molecule has 1 heterocycles. The molecule has 112 valence electrons. The highest BCUT2D eigenvalue weighted by atomic mass is 35.5. The molecule has 1 aromatic carbocycles. The van der Waals surface area contributed by atoms with Gasteiger partial charge in [-0.05, 0) is 29.6 Å². The Balaban J connectivity index is 1.91. The lowest BCUT2D eigenvalue weighted by atomic mass is 10.3. The molecular weight excluding hydrogens is 312 g/mol. The molecule has 0 aliphatic rings. The second-order valence-electron chi connectivity index (χ2n) is 4.21. The number of benzene rings is 1. The van der Waals surface area contributed by atoms with Crippen LogP contribution in [0.3, 0.4) is 0 Å². The summed E-state index contributed by atoms with van der Waals surface area (Å²) < 4.78 is 5.14. The maximum absolute atomic E-state index is 11.8. The molecule has 0 aliphatic carbocycles. The summed E-state index contributed by atoms with van der Waals surface area (Å²) in [7, 11) is 1.51. The highest BCUT2D eigenvalue weighted by Crippen LogP contribution is 2.27. The van der Waals surface area contributed by atoms with Crippen molar-refractivity contribution < 1.29 is 14.6 Å². The van der Waals surface area contributed by atoms with Crippen LogP contribution in [0.1, 0.15) is 11.0 Å². The lowest BCUT2D eigenvalue weighted by Gasteiger charge is -2.13. The van der Waals surface area contributed by atoms with Crippen LogP contribution in [-0.4, -0.2) is 24.8 Å². The fraction of sp³-hybridized carbons (Fsp3) is 0.214. The van der Waals surface area contributed by atoms with Gasteiger partial charge in [-0.1, -0.05) is 17.7 Å². The molecule has 2 rings (SSSR count). The van der Waals surface area contributed by atoms with E-state index in [-0.39, 0.29) is 6.54 Å². The summed E-state index contributed by atoms with van der Waals surface area (Å²) in [6, 6.07) is 8.15. The second kappa shape index (κ2) is 7.31. The predicted octanol–water partition coefficient (Wildman–Crippen LogP) is 3.27. The molecule has 1 aromatic heterocycles. The van der Waals surface area contributed by atoms with Crippen molar-refractivity contribution in [1.29, 1.82) is 0 Å². The van der Waals surface area contributed by atoms with E-state index in [1.807, 2.05) is 17.5 Å². The van der Waals surface area contributed by atoms with Crippen LogP contribution in [0, 0.1) is 0 Å². The summed E-state index contributed by atoms with van der Waals surface area (Å²) in [4.78, 5) is 12.6. The number of thiophene rings is 1. The summed E-state index contributed by atoms with van der Waals surface area (Å²) in [6.07, 6.45) is -0.725. The summed E-state index contributed by atoms with van der Waals surface area (Å²) in [5.74, 6) is 0.508. The van der Waals surface area contributed by atoms with E-state index in [1.54, 1.807) is 18.2 Å². The first-order chi connectivity index (χ1) is 10.1. The summed E-state index contributed by atoms with van der Waals surface area (Å²) in [5, 5.41) is 17.5. The van der Waals surface area contributed by atoms with E-state index in [1.165, 1.54) is 18.4 Å². The normalized spacial score (nSPS) is 11.8. The third kappa shape index (κ3) is 4.35. The van der Waals surface area contributed by atoms with Crippen molar-refractivity contribution in [2.45, 2.75) is 6.10 Å². The fourth-order valence-electron chi connectivity index (χ4n) is 1.72. The van der Waals surface area contributed by atoms with Gasteiger partial charge < -0.3 is 20.5 Å². The number of carbonyl (C=O) groups excluding carboxylic acids is 1. The molecule has 3 N–H and O–H groups in total. The maximum atomic E-state index is 11.8. The summed E-state index contributed by atoms with van der Waals surface area (Å²) in [5.41, 5.74) is 0.466. The SMILES string of the molecule is COc1ccc(Cl)cc1NC(=O)NCC(O)c1cccs1. The Kier molecular flexibility index (Phi) is 5.44. The zero-order chi connectivity index (χ0) is 15.2. The highest BCUT2D eigenvalue weighted by molar-refractivity contribution is 7.10. The lowest BCUT2D eigenvalue weighted by molar-refractivity contribution is 0.178. The van der Waals surface area contributed by atoms with E-state index in [0.29, 0.717) is 16.5 Å². The molecule has 1 unspecified atom stereocenters. The number of hydrogen-bond donors (Lipinski definition) is 3. The van der Waals surface area contributed by atoms with Crippen LogP contribution in [0.25, 0.3) is 0 Å². The number of hydrogen-bond acceptors (Lipinski definition) is 4. The van der Waals surface area contributed by atoms with Crippen LogP contribution in [0.5, 0.6) is 5.75 Å². The molecule has 21 heavy (non-hydrogen) atoms. The largest absolute Gasteiger partial charge is 0.495 e. The van der Waals surface area contributed by atoms with Gasteiger partial charge in [0.05, 0.1) is 19.3 Å². The van der Waals surface area contributed by atoms with Crippen LogP contribution in [-0.2, 0) is 0 Å². The van der Waals surface area contributed by atoms with Gasteiger partial charge in [0.1, 0.15) is 11.9 Å². The quantitative estimate of drug-likeness (QED) is 0.789. The smallest absolute Gasteiger partial charge is 0.319 e. The molecule has 2 amide bonds. The Bertz CT molecular complexity index is 604. The van der Waals surface area contributed by atoms with Crippen LogP contribution in [0.4, 0.5) is 10.5 Å². The number of halogens is 1. The number of carbonyl (C=O) groups is 1. The van der Waals surface area contributed by atoms with E-state index in [2.05, 4.69) is 10.6 Å².